The van der Waals surface area contributed by atoms with Crippen LogP contribution in [0.1, 0.15) is 48.3 Å². The van der Waals surface area contributed by atoms with E-state index in [9.17, 15) is 4.79 Å². The summed E-state index contributed by atoms with van der Waals surface area (Å²) in [5, 5.41) is 13.1. The number of carboxylic acid groups (broad SMARTS) is 1. The Morgan fingerprint density at radius 2 is 2.12 bits per heavy atom. The van der Waals surface area contributed by atoms with Gasteiger partial charge >= 0.3 is 5.97 Å². The number of rotatable bonds is 6. The molecule has 0 aliphatic heterocycles. The summed E-state index contributed by atoms with van der Waals surface area (Å²) in [5.41, 5.74) is 1.07. The van der Waals surface area contributed by atoms with Crippen molar-refractivity contribution in [1.82, 2.24) is 10.3 Å². The highest BCUT2D eigenvalue weighted by Gasteiger charge is 2.15. The molecule has 2 unspecified atom stereocenters. The summed E-state index contributed by atoms with van der Waals surface area (Å²) < 4.78 is 0. The van der Waals surface area contributed by atoms with Crippen LogP contribution in [0.4, 0.5) is 0 Å². The molecule has 2 N–H and O–H groups in total. The number of carboxylic acids is 1. The first kappa shape index (κ1) is 14.1. The molecule has 0 spiro atoms. The molecule has 96 valence electrons. The third kappa shape index (κ3) is 4.44. The lowest BCUT2D eigenvalue weighted by Gasteiger charge is -2.18. The van der Waals surface area contributed by atoms with Crippen molar-refractivity contribution < 1.29 is 9.90 Å². The molecule has 0 amide bonds. The van der Waals surface area contributed by atoms with Crippen LogP contribution in [0.3, 0.4) is 0 Å². The molecule has 1 heterocycles. The van der Waals surface area contributed by atoms with E-state index in [1.165, 1.54) is 4.88 Å². The molecule has 0 fully saturated rings. The molecule has 1 aromatic heterocycles. The first-order chi connectivity index (χ1) is 7.90. The van der Waals surface area contributed by atoms with Gasteiger partial charge in [0.2, 0.25) is 0 Å². The van der Waals surface area contributed by atoms with Crippen molar-refractivity contribution in [2.75, 3.05) is 0 Å². The predicted molar refractivity (Wildman–Crippen MR) is 69.5 cm³/mol. The molecule has 0 bridgehead atoms. The Morgan fingerprint density at radius 3 is 2.59 bits per heavy atom. The molecule has 1 rings (SSSR count). The van der Waals surface area contributed by atoms with Crippen molar-refractivity contribution in [3.63, 3.8) is 0 Å². The van der Waals surface area contributed by atoms with Gasteiger partial charge in [0.15, 0.2) is 0 Å². The third-order valence-corrected chi connectivity index (χ3v) is 3.91. The molecule has 1 aromatic rings. The second kappa shape index (κ2) is 6.12. The van der Waals surface area contributed by atoms with Crippen LogP contribution >= 0.6 is 11.3 Å². The average molecular weight is 256 g/mol. The Kier molecular flexibility index (Phi) is 5.08. The lowest BCUT2D eigenvalue weighted by Crippen LogP contribution is -2.29. The molecule has 0 aliphatic carbocycles. The van der Waals surface area contributed by atoms with Crippen LogP contribution in [0.2, 0.25) is 0 Å². The fourth-order valence-corrected chi connectivity index (χ4v) is 2.81. The van der Waals surface area contributed by atoms with Crippen molar-refractivity contribution in [3.8, 4) is 0 Å². The van der Waals surface area contributed by atoms with E-state index in [1.54, 1.807) is 11.3 Å². The number of nitrogens with one attached hydrogen (secondary N) is 1. The lowest BCUT2D eigenvalue weighted by molar-refractivity contribution is -0.137. The summed E-state index contributed by atoms with van der Waals surface area (Å²) in [4.78, 5) is 16.1. The minimum absolute atomic E-state index is 0.197. The van der Waals surface area contributed by atoms with Crippen molar-refractivity contribution in [2.24, 2.45) is 0 Å². The van der Waals surface area contributed by atoms with Gasteiger partial charge in [0, 0.05) is 23.4 Å². The number of aromatic nitrogens is 1. The number of hydrogen-bond donors (Lipinski definition) is 2. The Morgan fingerprint density at radius 1 is 1.47 bits per heavy atom. The van der Waals surface area contributed by atoms with E-state index < -0.39 is 5.97 Å². The lowest BCUT2D eigenvalue weighted by atomic mass is 10.1. The summed E-state index contributed by atoms with van der Waals surface area (Å²) in [6.07, 6.45) is 0.859. The van der Waals surface area contributed by atoms with Gasteiger partial charge in [-0.05, 0) is 34.1 Å². The summed E-state index contributed by atoms with van der Waals surface area (Å²) in [7, 11) is 0. The highest BCUT2D eigenvalue weighted by Crippen LogP contribution is 2.24. The fourth-order valence-electron chi connectivity index (χ4n) is 1.87. The van der Waals surface area contributed by atoms with Gasteiger partial charge in [-0.2, -0.15) is 0 Å². The molecule has 4 nitrogen and oxygen atoms in total. The van der Waals surface area contributed by atoms with E-state index in [0.29, 0.717) is 6.42 Å². The standard InChI is InChI=1S/C12H20N2O2S/c1-7(5-6-11(15)16)13-8(2)12-9(3)14-10(4)17-12/h7-8,13H,5-6H2,1-4H3,(H,15,16). The molecule has 0 saturated carbocycles. The van der Waals surface area contributed by atoms with E-state index in [0.717, 1.165) is 10.7 Å². The van der Waals surface area contributed by atoms with Gasteiger partial charge in [-0.1, -0.05) is 0 Å². The zero-order chi connectivity index (χ0) is 13.0. The Hall–Kier alpha value is -0.940. The molecule has 0 aromatic carbocycles. The third-order valence-electron chi connectivity index (χ3n) is 2.66. The zero-order valence-corrected chi connectivity index (χ0v) is 11.6. The van der Waals surface area contributed by atoms with Gasteiger partial charge in [0.25, 0.3) is 0 Å². The van der Waals surface area contributed by atoms with Crippen molar-refractivity contribution in [3.05, 3.63) is 15.6 Å². The number of carbonyl (C=O) groups is 1. The Bertz CT molecular complexity index is 390. The average Bonchev–Trinajstić information content (AvgIpc) is 2.55. The second-order valence-corrected chi connectivity index (χ2v) is 5.64. The first-order valence-electron chi connectivity index (χ1n) is 5.82. The summed E-state index contributed by atoms with van der Waals surface area (Å²) in [6.45, 7) is 8.13. The van der Waals surface area contributed by atoms with Crippen LogP contribution in [0.15, 0.2) is 0 Å². The summed E-state index contributed by atoms with van der Waals surface area (Å²) >= 11 is 1.70. The fraction of sp³-hybridized carbons (Fsp3) is 0.667. The van der Waals surface area contributed by atoms with Crippen LogP contribution in [-0.4, -0.2) is 22.1 Å². The number of nitrogens with zero attached hydrogens (tertiary/aromatic N) is 1. The van der Waals surface area contributed by atoms with Crippen LogP contribution in [0.5, 0.6) is 0 Å². The highest BCUT2D eigenvalue weighted by atomic mass is 32.1. The highest BCUT2D eigenvalue weighted by molar-refractivity contribution is 7.11. The normalized spacial score (nSPS) is 14.6. The maximum atomic E-state index is 10.5. The first-order valence-corrected chi connectivity index (χ1v) is 6.63. The molecule has 0 saturated heterocycles. The molecule has 0 aliphatic rings. The number of aryl methyl sites for hydroxylation is 2. The second-order valence-electron chi connectivity index (χ2n) is 4.40. The maximum Gasteiger partial charge on any atom is 0.303 e. The van der Waals surface area contributed by atoms with Gasteiger partial charge < -0.3 is 10.4 Å². The summed E-state index contributed by atoms with van der Waals surface area (Å²) in [5.74, 6) is -0.740. The molecular formula is C12H20N2O2S. The minimum Gasteiger partial charge on any atom is -0.481 e. The van der Waals surface area contributed by atoms with Gasteiger partial charge in [-0.15, -0.1) is 11.3 Å². The number of aliphatic carboxylic acids is 1. The van der Waals surface area contributed by atoms with E-state index >= 15 is 0 Å². The summed E-state index contributed by atoms with van der Waals surface area (Å²) in [6, 6.07) is 0.424. The quantitative estimate of drug-likeness (QED) is 0.821. The predicted octanol–water partition coefficient (Wildman–Crippen LogP) is 2.66. The molecular weight excluding hydrogens is 236 g/mol. The van der Waals surface area contributed by atoms with Crippen LogP contribution < -0.4 is 5.32 Å². The van der Waals surface area contributed by atoms with Crippen LogP contribution in [-0.2, 0) is 4.79 Å². The monoisotopic (exact) mass is 256 g/mol. The zero-order valence-electron chi connectivity index (χ0n) is 10.8. The van der Waals surface area contributed by atoms with Crippen LogP contribution in [0, 0.1) is 13.8 Å². The van der Waals surface area contributed by atoms with Crippen LogP contribution in [0.25, 0.3) is 0 Å². The molecule has 0 radical (unpaired) electrons. The molecule has 5 heteroatoms. The SMILES string of the molecule is Cc1nc(C)c(C(C)NC(C)CCC(=O)O)s1. The van der Waals surface area contributed by atoms with Gasteiger partial charge in [0.1, 0.15) is 0 Å². The van der Waals surface area contributed by atoms with E-state index in [1.807, 2.05) is 20.8 Å². The topological polar surface area (TPSA) is 62.2 Å². The minimum atomic E-state index is -0.740. The van der Waals surface area contributed by atoms with Gasteiger partial charge in [0.05, 0.1) is 10.7 Å². The van der Waals surface area contributed by atoms with Crippen molar-refractivity contribution >= 4 is 17.3 Å². The maximum absolute atomic E-state index is 10.5. The Balaban J connectivity index is 2.51. The number of hydrogen-bond acceptors (Lipinski definition) is 4. The van der Waals surface area contributed by atoms with Crippen molar-refractivity contribution in [1.29, 1.82) is 0 Å². The largest absolute Gasteiger partial charge is 0.481 e. The van der Waals surface area contributed by atoms with E-state index in [-0.39, 0.29) is 18.5 Å². The van der Waals surface area contributed by atoms with Crippen molar-refractivity contribution in [2.45, 2.75) is 52.6 Å². The Labute approximate surface area is 106 Å². The van der Waals surface area contributed by atoms with E-state index in [4.69, 9.17) is 5.11 Å². The van der Waals surface area contributed by atoms with Gasteiger partial charge in [-0.25, -0.2) is 4.98 Å². The smallest absolute Gasteiger partial charge is 0.303 e. The molecule has 2 atom stereocenters. The number of thiazole rings is 1. The van der Waals surface area contributed by atoms with Gasteiger partial charge in [-0.3, -0.25) is 4.79 Å². The van der Waals surface area contributed by atoms with E-state index in [2.05, 4.69) is 17.2 Å². The molecule has 17 heavy (non-hydrogen) atoms.